The van der Waals surface area contributed by atoms with Gasteiger partial charge in [0.1, 0.15) is 0 Å². The molecule has 0 radical (unpaired) electrons. The van der Waals surface area contributed by atoms with Crippen LogP contribution in [0.5, 0.6) is 0 Å². The van der Waals surface area contributed by atoms with E-state index in [1.807, 2.05) is 36.4 Å². The molecule has 1 heterocycles. The van der Waals surface area contributed by atoms with E-state index in [4.69, 9.17) is 0 Å². The van der Waals surface area contributed by atoms with Crippen LogP contribution in [0.2, 0.25) is 0 Å². The van der Waals surface area contributed by atoms with Crippen LogP contribution in [-0.2, 0) is 17.6 Å². The molecule has 100 valence electrons. The molecule has 0 aliphatic carbocycles. The molecule has 0 bridgehead atoms. The maximum absolute atomic E-state index is 11.5. The first-order valence-corrected chi connectivity index (χ1v) is 6.50. The number of nitrogens with zero attached hydrogens (tertiary/aromatic N) is 1. The number of hydrogen-bond donors (Lipinski definition) is 1. The van der Waals surface area contributed by atoms with Gasteiger partial charge in [0, 0.05) is 18.1 Å². The minimum atomic E-state index is -0.274. The number of aryl methyl sites for hydroxylation is 2. The molecule has 0 fully saturated rings. The molecule has 0 atom stereocenters. The maximum Gasteiger partial charge on any atom is 0.300 e. The van der Waals surface area contributed by atoms with Crippen molar-refractivity contribution in [3.8, 4) is 11.8 Å². The number of para-hydroxylation sites is 1. The number of nitrogens with one attached hydrogen (secondary N) is 1. The van der Waals surface area contributed by atoms with E-state index in [9.17, 15) is 4.79 Å². The second kappa shape index (κ2) is 7.10. The van der Waals surface area contributed by atoms with Gasteiger partial charge in [-0.1, -0.05) is 24.1 Å². The van der Waals surface area contributed by atoms with E-state index in [0.29, 0.717) is 0 Å². The second-order valence-electron chi connectivity index (χ2n) is 4.34. The molecular weight excluding hydrogens is 248 g/mol. The number of rotatable bonds is 4. The summed E-state index contributed by atoms with van der Waals surface area (Å²) in [4.78, 5) is 15.6. The monoisotopic (exact) mass is 264 g/mol. The van der Waals surface area contributed by atoms with Gasteiger partial charge >= 0.3 is 0 Å². The molecule has 1 aromatic heterocycles. The van der Waals surface area contributed by atoms with Crippen molar-refractivity contribution in [3.63, 3.8) is 0 Å². The van der Waals surface area contributed by atoms with Gasteiger partial charge in [-0.2, -0.15) is 0 Å². The van der Waals surface area contributed by atoms with Crippen molar-refractivity contribution in [2.75, 3.05) is 5.32 Å². The first kappa shape index (κ1) is 13.8. The zero-order chi connectivity index (χ0) is 14.2. The van der Waals surface area contributed by atoms with Crippen LogP contribution >= 0.6 is 0 Å². The molecule has 0 aliphatic rings. The van der Waals surface area contributed by atoms with Crippen molar-refractivity contribution >= 4 is 11.6 Å². The number of anilines is 1. The molecule has 3 nitrogen and oxygen atoms in total. The highest BCUT2D eigenvalue weighted by Crippen LogP contribution is 2.17. The summed E-state index contributed by atoms with van der Waals surface area (Å²) in [6, 6.07) is 11.8. The quantitative estimate of drug-likeness (QED) is 0.863. The van der Waals surface area contributed by atoms with Crippen molar-refractivity contribution in [1.82, 2.24) is 4.98 Å². The van der Waals surface area contributed by atoms with Crippen LogP contribution < -0.4 is 5.32 Å². The molecule has 0 unspecified atom stereocenters. The normalized spacial score (nSPS) is 9.45. The summed E-state index contributed by atoms with van der Waals surface area (Å²) in [7, 11) is 0. The molecular formula is C17H16N2O. The molecule has 0 aliphatic heterocycles. The van der Waals surface area contributed by atoms with E-state index in [1.165, 1.54) is 5.56 Å². The lowest BCUT2D eigenvalue weighted by molar-refractivity contribution is -0.111. The van der Waals surface area contributed by atoms with Crippen LogP contribution in [0.1, 0.15) is 18.1 Å². The standard InChI is InChI=1S/C17H16N2O/c1-2-5-17(20)19-16-7-4-3-6-15(16)9-8-14-10-12-18-13-11-14/h3-4,6-7,10-13H,8-9H2,1H3,(H,19,20). The van der Waals surface area contributed by atoms with E-state index in [-0.39, 0.29) is 5.91 Å². The number of benzene rings is 1. The molecule has 1 N–H and O–H groups in total. The van der Waals surface area contributed by atoms with Gasteiger partial charge in [-0.25, -0.2) is 0 Å². The molecule has 1 aromatic carbocycles. The fraction of sp³-hybridized carbons (Fsp3) is 0.176. The van der Waals surface area contributed by atoms with E-state index < -0.39 is 0 Å². The van der Waals surface area contributed by atoms with Crippen LogP contribution in [0.15, 0.2) is 48.8 Å². The number of carbonyl (C=O) groups is 1. The Kier molecular flexibility index (Phi) is 4.91. The lowest BCUT2D eigenvalue weighted by Crippen LogP contribution is -2.10. The summed E-state index contributed by atoms with van der Waals surface area (Å²) in [5.74, 6) is 4.81. The molecule has 2 rings (SSSR count). The van der Waals surface area contributed by atoms with Crippen molar-refractivity contribution in [2.24, 2.45) is 0 Å². The Morgan fingerprint density at radius 3 is 2.65 bits per heavy atom. The summed E-state index contributed by atoms with van der Waals surface area (Å²) in [5, 5.41) is 2.82. The van der Waals surface area contributed by atoms with Crippen LogP contribution in [0.25, 0.3) is 0 Å². The van der Waals surface area contributed by atoms with Crippen molar-refractivity contribution < 1.29 is 4.79 Å². The van der Waals surface area contributed by atoms with Gasteiger partial charge in [0.05, 0.1) is 0 Å². The first-order chi connectivity index (χ1) is 9.79. The minimum absolute atomic E-state index is 0.274. The highest BCUT2D eigenvalue weighted by atomic mass is 16.1. The Balaban J connectivity index is 2.07. The van der Waals surface area contributed by atoms with Gasteiger partial charge in [0.15, 0.2) is 0 Å². The number of carbonyl (C=O) groups excluding carboxylic acids is 1. The summed E-state index contributed by atoms with van der Waals surface area (Å²) in [6.45, 7) is 1.65. The van der Waals surface area contributed by atoms with Crippen LogP contribution in [0, 0.1) is 11.8 Å². The predicted molar refractivity (Wildman–Crippen MR) is 80.2 cm³/mol. The molecule has 3 heteroatoms. The summed E-state index contributed by atoms with van der Waals surface area (Å²) < 4.78 is 0. The van der Waals surface area contributed by atoms with E-state index in [1.54, 1.807) is 19.3 Å². The lowest BCUT2D eigenvalue weighted by atomic mass is 10.0. The van der Waals surface area contributed by atoms with Crippen LogP contribution in [0.4, 0.5) is 5.69 Å². The highest BCUT2D eigenvalue weighted by molar-refractivity contribution is 6.04. The minimum Gasteiger partial charge on any atom is -0.315 e. The van der Waals surface area contributed by atoms with Gasteiger partial charge in [-0.05, 0) is 55.0 Å². The predicted octanol–water partition coefficient (Wildman–Crippen LogP) is 2.83. The summed E-state index contributed by atoms with van der Waals surface area (Å²) >= 11 is 0. The number of hydrogen-bond acceptors (Lipinski definition) is 2. The molecule has 1 amide bonds. The lowest BCUT2D eigenvalue weighted by Gasteiger charge is -2.09. The molecule has 20 heavy (non-hydrogen) atoms. The number of aromatic nitrogens is 1. The fourth-order valence-corrected chi connectivity index (χ4v) is 1.96. The van der Waals surface area contributed by atoms with Crippen molar-refractivity contribution in [3.05, 3.63) is 59.9 Å². The van der Waals surface area contributed by atoms with Crippen molar-refractivity contribution in [2.45, 2.75) is 19.8 Å². The summed E-state index contributed by atoms with van der Waals surface area (Å²) in [5.41, 5.74) is 3.17. The molecule has 2 aromatic rings. The Morgan fingerprint density at radius 1 is 1.15 bits per heavy atom. The molecule has 0 saturated carbocycles. The van der Waals surface area contributed by atoms with E-state index in [0.717, 1.165) is 24.1 Å². The Bertz CT molecular complexity index is 639. The molecule has 0 saturated heterocycles. The van der Waals surface area contributed by atoms with E-state index in [2.05, 4.69) is 22.1 Å². The van der Waals surface area contributed by atoms with Crippen LogP contribution in [-0.4, -0.2) is 10.9 Å². The average Bonchev–Trinajstić information content (AvgIpc) is 2.48. The zero-order valence-corrected chi connectivity index (χ0v) is 11.4. The van der Waals surface area contributed by atoms with Crippen molar-refractivity contribution in [1.29, 1.82) is 0 Å². The van der Waals surface area contributed by atoms with Gasteiger partial charge < -0.3 is 5.32 Å². The van der Waals surface area contributed by atoms with E-state index >= 15 is 0 Å². The average molecular weight is 264 g/mol. The van der Waals surface area contributed by atoms with Gasteiger partial charge in [0.2, 0.25) is 0 Å². The summed E-state index contributed by atoms with van der Waals surface area (Å²) in [6.07, 6.45) is 5.36. The van der Waals surface area contributed by atoms with Gasteiger partial charge in [-0.3, -0.25) is 9.78 Å². The molecule has 0 spiro atoms. The first-order valence-electron chi connectivity index (χ1n) is 6.50. The topological polar surface area (TPSA) is 42.0 Å². The number of amides is 1. The Morgan fingerprint density at radius 2 is 1.90 bits per heavy atom. The third kappa shape index (κ3) is 3.96. The Labute approximate surface area is 119 Å². The van der Waals surface area contributed by atoms with Gasteiger partial charge in [0.25, 0.3) is 5.91 Å². The highest BCUT2D eigenvalue weighted by Gasteiger charge is 2.04. The largest absolute Gasteiger partial charge is 0.315 e. The van der Waals surface area contributed by atoms with Crippen LogP contribution in [0.3, 0.4) is 0 Å². The third-order valence-electron chi connectivity index (χ3n) is 2.94. The maximum atomic E-state index is 11.5. The van der Waals surface area contributed by atoms with Gasteiger partial charge in [-0.15, -0.1) is 0 Å². The number of pyridine rings is 1. The Hall–Kier alpha value is -2.60. The third-order valence-corrected chi connectivity index (χ3v) is 2.94. The second-order valence-corrected chi connectivity index (χ2v) is 4.34. The fourth-order valence-electron chi connectivity index (χ4n) is 1.96. The smallest absolute Gasteiger partial charge is 0.300 e. The SMILES string of the molecule is CC#CC(=O)Nc1ccccc1CCc1ccncc1. The zero-order valence-electron chi connectivity index (χ0n) is 11.4.